The average molecular weight is 501 g/mol. The average Bonchev–Trinajstić information content (AvgIpc) is 3.37. The maximum Gasteiger partial charge on any atom is 0.422 e. The highest BCUT2D eigenvalue weighted by Crippen LogP contribution is 2.38. The van der Waals surface area contributed by atoms with Crippen molar-refractivity contribution in [2.45, 2.75) is 12.6 Å². The second-order valence-corrected chi connectivity index (χ2v) is 7.92. The number of hydrogen-bond acceptors (Lipinski definition) is 7. The highest BCUT2D eigenvalue weighted by atomic mass is 32.1. The van der Waals surface area contributed by atoms with Gasteiger partial charge in [0.15, 0.2) is 5.13 Å². The molecule has 1 amide bonds. The fourth-order valence-corrected chi connectivity index (χ4v) is 3.95. The second-order valence-electron chi connectivity index (χ2n) is 7.06. The number of halogens is 5. The lowest BCUT2D eigenvalue weighted by Crippen LogP contribution is -2.36. The van der Waals surface area contributed by atoms with E-state index in [2.05, 4.69) is 15.5 Å². The smallest absolute Gasteiger partial charge is 0.337 e. The molecule has 0 fully saturated rings. The molecule has 1 aromatic carbocycles. The van der Waals surface area contributed by atoms with Crippen molar-refractivity contribution in [3.63, 3.8) is 0 Å². The molecule has 178 valence electrons. The van der Waals surface area contributed by atoms with Crippen LogP contribution < -0.4 is 16.6 Å². The molecular formula is C19H12F5N5O4S. The fraction of sp³-hybridized carbons (Fsp3) is 0.211. The van der Waals surface area contributed by atoms with E-state index in [0.717, 1.165) is 26.5 Å². The quantitative estimate of drug-likeness (QED) is 0.431. The van der Waals surface area contributed by atoms with Gasteiger partial charge in [-0.1, -0.05) is 5.16 Å². The van der Waals surface area contributed by atoms with E-state index < -0.39 is 52.5 Å². The summed E-state index contributed by atoms with van der Waals surface area (Å²) in [5, 5.41) is 7.05. The monoisotopic (exact) mass is 501 g/mol. The maximum atomic E-state index is 14.4. The Labute approximate surface area is 189 Å². The number of aromatic nitrogens is 4. The van der Waals surface area contributed by atoms with Crippen LogP contribution in [0.5, 0.6) is 0 Å². The van der Waals surface area contributed by atoms with E-state index in [4.69, 9.17) is 4.52 Å². The summed E-state index contributed by atoms with van der Waals surface area (Å²) in [6.45, 7) is 0. The molecule has 3 aromatic heterocycles. The van der Waals surface area contributed by atoms with Crippen LogP contribution in [0.2, 0.25) is 0 Å². The first-order valence-corrected chi connectivity index (χ1v) is 10.1. The van der Waals surface area contributed by atoms with E-state index in [-0.39, 0.29) is 27.6 Å². The SMILES string of the molecule is Cn1c(=O)c2c(CC(=O)Nc3nc(-c4ccc(F)c(C(F)(F)F)c4F)cs3)noc2n(C)c1=O. The number of alkyl halides is 3. The van der Waals surface area contributed by atoms with Gasteiger partial charge < -0.3 is 9.84 Å². The van der Waals surface area contributed by atoms with E-state index in [1.165, 1.54) is 19.5 Å². The van der Waals surface area contributed by atoms with Crippen LogP contribution in [0, 0.1) is 11.6 Å². The van der Waals surface area contributed by atoms with Gasteiger partial charge in [-0.15, -0.1) is 11.3 Å². The Morgan fingerprint density at radius 3 is 2.56 bits per heavy atom. The predicted molar refractivity (Wildman–Crippen MR) is 109 cm³/mol. The third-order valence-electron chi connectivity index (χ3n) is 4.87. The van der Waals surface area contributed by atoms with E-state index in [9.17, 15) is 36.3 Å². The van der Waals surface area contributed by atoms with Crippen LogP contribution in [0.3, 0.4) is 0 Å². The number of benzene rings is 1. The largest absolute Gasteiger partial charge is 0.422 e. The molecule has 34 heavy (non-hydrogen) atoms. The van der Waals surface area contributed by atoms with Crippen LogP contribution in [-0.4, -0.2) is 25.2 Å². The van der Waals surface area contributed by atoms with Crippen LogP contribution in [0.1, 0.15) is 11.3 Å². The molecular weight excluding hydrogens is 489 g/mol. The Kier molecular flexibility index (Phi) is 5.59. The van der Waals surface area contributed by atoms with Crippen molar-refractivity contribution in [3.8, 4) is 11.3 Å². The molecule has 9 nitrogen and oxygen atoms in total. The lowest BCUT2D eigenvalue weighted by atomic mass is 10.1. The molecule has 4 aromatic rings. The Morgan fingerprint density at radius 2 is 1.88 bits per heavy atom. The lowest BCUT2D eigenvalue weighted by molar-refractivity contribution is -0.142. The molecule has 0 aliphatic heterocycles. The molecule has 4 rings (SSSR count). The molecule has 0 saturated heterocycles. The van der Waals surface area contributed by atoms with E-state index in [1.807, 2.05) is 0 Å². The van der Waals surface area contributed by atoms with Gasteiger partial charge in [0.1, 0.15) is 28.3 Å². The minimum absolute atomic E-state index is 0.0557. The van der Waals surface area contributed by atoms with Crippen LogP contribution >= 0.6 is 11.3 Å². The summed E-state index contributed by atoms with van der Waals surface area (Å²) in [5.41, 5.74) is -4.44. The van der Waals surface area contributed by atoms with Gasteiger partial charge in [0.25, 0.3) is 5.56 Å². The first kappa shape index (κ1) is 23.3. The van der Waals surface area contributed by atoms with Crippen LogP contribution in [-0.2, 0) is 31.5 Å². The second kappa shape index (κ2) is 8.16. The number of thiazole rings is 1. The molecule has 0 spiro atoms. The van der Waals surface area contributed by atoms with Gasteiger partial charge in [-0.05, 0) is 12.1 Å². The minimum Gasteiger partial charge on any atom is -0.337 e. The first-order chi connectivity index (χ1) is 15.9. The molecule has 0 aliphatic carbocycles. The van der Waals surface area contributed by atoms with Gasteiger partial charge in [-0.25, -0.2) is 18.6 Å². The summed E-state index contributed by atoms with van der Waals surface area (Å²) in [4.78, 5) is 40.7. The first-order valence-electron chi connectivity index (χ1n) is 9.25. The predicted octanol–water partition coefficient (Wildman–Crippen LogP) is 2.83. The minimum atomic E-state index is -5.25. The molecule has 0 saturated carbocycles. The van der Waals surface area contributed by atoms with Gasteiger partial charge in [0, 0.05) is 25.0 Å². The van der Waals surface area contributed by atoms with Gasteiger partial charge >= 0.3 is 11.9 Å². The summed E-state index contributed by atoms with van der Waals surface area (Å²) >= 11 is 0.785. The summed E-state index contributed by atoms with van der Waals surface area (Å²) < 4.78 is 73.7. The van der Waals surface area contributed by atoms with E-state index >= 15 is 0 Å². The standard InChI is InChI=1S/C19H12F5N5O4S/c1-28-15(31)12-9(27-33-16(12)29(2)18(28)32)5-11(30)26-17-25-10(6-34-17)7-3-4-8(20)13(14(7)21)19(22,23)24/h3-4,6H,5H2,1-2H3,(H,25,26,30). The summed E-state index contributed by atoms with van der Waals surface area (Å²) in [6, 6.07) is 1.28. The van der Waals surface area contributed by atoms with Crippen molar-refractivity contribution in [2.24, 2.45) is 14.1 Å². The number of aryl methyl sites for hydroxylation is 1. The zero-order chi connectivity index (χ0) is 24.9. The summed E-state index contributed by atoms with van der Waals surface area (Å²) in [7, 11) is 2.60. The zero-order valence-corrected chi connectivity index (χ0v) is 18.0. The number of carbonyl (C=O) groups is 1. The number of rotatable bonds is 4. The zero-order valence-electron chi connectivity index (χ0n) is 17.2. The molecule has 0 unspecified atom stereocenters. The summed E-state index contributed by atoms with van der Waals surface area (Å²) in [6.07, 6.45) is -5.71. The topological polar surface area (TPSA) is 112 Å². The Bertz CT molecular complexity index is 1570. The van der Waals surface area contributed by atoms with Gasteiger partial charge in [-0.3, -0.25) is 18.7 Å². The van der Waals surface area contributed by atoms with Gasteiger partial charge in [0.05, 0.1) is 12.1 Å². The number of nitrogens with zero attached hydrogens (tertiary/aromatic N) is 4. The molecule has 0 atom stereocenters. The van der Waals surface area contributed by atoms with Crippen molar-refractivity contribution >= 4 is 33.5 Å². The third kappa shape index (κ3) is 3.87. The van der Waals surface area contributed by atoms with Crippen LogP contribution in [0.15, 0.2) is 31.6 Å². The number of hydrogen-bond donors (Lipinski definition) is 1. The van der Waals surface area contributed by atoms with E-state index in [0.29, 0.717) is 6.07 Å². The number of amides is 1. The summed E-state index contributed by atoms with van der Waals surface area (Å²) in [5.74, 6) is -4.31. The van der Waals surface area contributed by atoms with Crippen molar-refractivity contribution in [1.29, 1.82) is 0 Å². The lowest BCUT2D eigenvalue weighted by Gasteiger charge is -2.11. The number of fused-ring (bicyclic) bond motifs is 1. The van der Waals surface area contributed by atoms with Crippen molar-refractivity contribution in [1.82, 2.24) is 19.3 Å². The molecule has 15 heteroatoms. The van der Waals surface area contributed by atoms with Gasteiger partial charge in [0.2, 0.25) is 11.6 Å². The normalized spacial score (nSPS) is 11.9. The fourth-order valence-electron chi connectivity index (χ4n) is 3.22. The number of nitrogens with one attached hydrogen (secondary N) is 1. The molecule has 0 radical (unpaired) electrons. The van der Waals surface area contributed by atoms with Crippen molar-refractivity contribution in [2.75, 3.05) is 5.32 Å². The Morgan fingerprint density at radius 1 is 1.18 bits per heavy atom. The Balaban J connectivity index is 1.59. The van der Waals surface area contributed by atoms with Gasteiger partial charge in [-0.2, -0.15) is 13.2 Å². The highest BCUT2D eigenvalue weighted by molar-refractivity contribution is 7.14. The highest BCUT2D eigenvalue weighted by Gasteiger charge is 2.39. The molecule has 0 bridgehead atoms. The van der Waals surface area contributed by atoms with Crippen LogP contribution in [0.4, 0.5) is 27.1 Å². The molecule has 1 N–H and O–H groups in total. The number of anilines is 1. The number of carbonyl (C=O) groups excluding carboxylic acids is 1. The molecule has 0 aliphatic rings. The van der Waals surface area contributed by atoms with Crippen molar-refractivity contribution in [3.05, 3.63) is 61.2 Å². The van der Waals surface area contributed by atoms with Crippen LogP contribution in [0.25, 0.3) is 22.4 Å². The molecule has 3 heterocycles. The maximum absolute atomic E-state index is 14.4. The Hall–Kier alpha value is -3.88. The van der Waals surface area contributed by atoms with Crippen molar-refractivity contribution < 1.29 is 31.3 Å². The van der Waals surface area contributed by atoms with E-state index in [1.54, 1.807) is 0 Å². The third-order valence-corrected chi connectivity index (χ3v) is 5.63.